The van der Waals surface area contributed by atoms with Gasteiger partial charge in [0, 0.05) is 5.56 Å². The molecule has 1 heterocycles. The van der Waals surface area contributed by atoms with Crippen LogP contribution in [0.2, 0.25) is 0 Å². The Hall–Kier alpha value is -1.61. The van der Waals surface area contributed by atoms with Crippen LogP contribution >= 0.6 is 11.3 Å². The van der Waals surface area contributed by atoms with Crippen molar-refractivity contribution >= 4 is 17.6 Å². The average Bonchev–Trinajstić information content (AvgIpc) is 2.78. The van der Waals surface area contributed by atoms with Crippen molar-refractivity contribution in [2.24, 2.45) is 0 Å². The summed E-state index contributed by atoms with van der Waals surface area (Å²) in [5.41, 5.74) is 3.35. The van der Waals surface area contributed by atoms with Gasteiger partial charge in [-0.2, -0.15) is 0 Å². The fraction of sp³-hybridized carbons (Fsp3) is 0.214. The first-order valence-electron chi connectivity index (χ1n) is 5.41. The van der Waals surface area contributed by atoms with Gasteiger partial charge in [-0.1, -0.05) is 12.1 Å². The molecule has 2 rings (SSSR count). The second kappa shape index (κ2) is 5.15. The fourth-order valence-electron chi connectivity index (χ4n) is 1.56. The third-order valence-corrected chi connectivity index (χ3v) is 3.44. The quantitative estimate of drug-likeness (QED) is 0.768. The maximum Gasteiger partial charge on any atom is 0.160 e. The molecule has 0 radical (unpaired) electrons. The van der Waals surface area contributed by atoms with E-state index >= 15 is 0 Å². The number of rotatable bonds is 4. The SMILES string of the molecule is Cc1ccc(C)c(OCc2csc(C=O)c2)c1. The number of thiophene rings is 1. The van der Waals surface area contributed by atoms with Crippen LogP contribution in [0.15, 0.2) is 29.6 Å². The summed E-state index contributed by atoms with van der Waals surface area (Å²) >= 11 is 1.44. The Bertz CT molecular complexity index is 529. The Kier molecular flexibility index (Phi) is 3.59. The Morgan fingerprint density at radius 3 is 2.82 bits per heavy atom. The van der Waals surface area contributed by atoms with Gasteiger partial charge < -0.3 is 4.74 Å². The van der Waals surface area contributed by atoms with Crippen molar-refractivity contribution in [2.75, 3.05) is 0 Å². The monoisotopic (exact) mass is 246 g/mol. The van der Waals surface area contributed by atoms with Crippen molar-refractivity contribution in [3.05, 3.63) is 51.2 Å². The highest BCUT2D eigenvalue weighted by atomic mass is 32.1. The Morgan fingerprint density at radius 1 is 1.29 bits per heavy atom. The van der Waals surface area contributed by atoms with E-state index in [0.29, 0.717) is 6.61 Å². The highest BCUT2D eigenvalue weighted by molar-refractivity contribution is 7.11. The molecular weight excluding hydrogens is 232 g/mol. The maximum absolute atomic E-state index is 10.6. The maximum atomic E-state index is 10.6. The number of carbonyl (C=O) groups is 1. The first-order valence-corrected chi connectivity index (χ1v) is 6.29. The van der Waals surface area contributed by atoms with E-state index in [2.05, 4.69) is 12.1 Å². The molecule has 0 amide bonds. The van der Waals surface area contributed by atoms with Crippen LogP contribution in [0.1, 0.15) is 26.4 Å². The van der Waals surface area contributed by atoms with Gasteiger partial charge >= 0.3 is 0 Å². The number of benzene rings is 1. The topological polar surface area (TPSA) is 26.3 Å². The predicted octanol–water partition coefficient (Wildman–Crippen LogP) is 3.76. The van der Waals surface area contributed by atoms with Gasteiger partial charge in [-0.25, -0.2) is 0 Å². The van der Waals surface area contributed by atoms with Gasteiger partial charge in [0.05, 0.1) is 4.88 Å². The zero-order valence-corrected chi connectivity index (χ0v) is 10.7. The number of carbonyl (C=O) groups excluding carboxylic acids is 1. The minimum Gasteiger partial charge on any atom is -0.489 e. The molecule has 0 saturated carbocycles. The standard InChI is InChI=1S/C14H14O2S/c1-10-3-4-11(2)14(5-10)16-8-12-6-13(7-15)17-9-12/h3-7,9H,8H2,1-2H3. The molecule has 0 spiro atoms. The van der Waals surface area contributed by atoms with Crippen LogP contribution in [0.25, 0.3) is 0 Å². The molecule has 0 aliphatic carbocycles. The lowest BCUT2D eigenvalue weighted by Gasteiger charge is -2.08. The summed E-state index contributed by atoms with van der Waals surface area (Å²) in [5, 5.41) is 1.95. The number of aryl methyl sites for hydroxylation is 2. The van der Waals surface area contributed by atoms with E-state index in [1.54, 1.807) is 0 Å². The summed E-state index contributed by atoms with van der Waals surface area (Å²) < 4.78 is 5.75. The van der Waals surface area contributed by atoms with E-state index in [1.807, 2.05) is 31.4 Å². The fourth-order valence-corrected chi connectivity index (χ4v) is 2.25. The van der Waals surface area contributed by atoms with Crippen molar-refractivity contribution in [3.63, 3.8) is 0 Å². The average molecular weight is 246 g/mol. The zero-order valence-electron chi connectivity index (χ0n) is 9.90. The van der Waals surface area contributed by atoms with Crippen LogP contribution in [0.4, 0.5) is 0 Å². The summed E-state index contributed by atoms with van der Waals surface area (Å²) in [5.74, 6) is 0.906. The highest BCUT2D eigenvalue weighted by Crippen LogP contribution is 2.21. The van der Waals surface area contributed by atoms with Gasteiger partial charge in [0.2, 0.25) is 0 Å². The molecule has 17 heavy (non-hydrogen) atoms. The summed E-state index contributed by atoms with van der Waals surface area (Å²) in [6.07, 6.45) is 0.867. The molecule has 3 heteroatoms. The van der Waals surface area contributed by atoms with E-state index in [1.165, 1.54) is 16.9 Å². The summed E-state index contributed by atoms with van der Waals surface area (Å²) in [7, 11) is 0. The minimum atomic E-state index is 0.509. The number of hydrogen-bond donors (Lipinski definition) is 0. The van der Waals surface area contributed by atoms with Crippen LogP contribution in [-0.2, 0) is 6.61 Å². The lowest BCUT2D eigenvalue weighted by atomic mass is 10.1. The summed E-state index contributed by atoms with van der Waals surface area (Å²) in [6, 6.07) is 8.01. The normalized spacial score (nSPS) is 10.2. The molecule has 0 bridgehead atoms. The first-order chi connectivity index (χ1) is 8.19. The third-order valence-electron chi connectivity index (χ3n) is 2.53. The molecule has 0 N–H and O–H groups in total. The lowest BCUT2D eigenvalue weighted by Crippen LogP contribution is -1.96. The van der Waals surface area contributed by atoms with Crippen molar-refractivity contribution in [2.45, 2.75) is 20.5 Å². The second-order valence-electron chi connectivity index (χ2n) is 4.03. The van der Waals surface area contributed by atoms with Crippen LogP contribution < -0.4 is 4.74 Å². The number of hydrogen-bond acceptors (Lipinski definition) is 3. The highest BCUT2D eigenvalue weighted by Gasteiger charge is 2.02. The van der Waals surface area contributed by atoms with Crippen LogP contribution in [0.5, 0.6) is 5.75 Å². The van der Waals surface area contributed by atoms with Gasteiger partial charge in [-0.15, -0.1) is 11.3 Å². The van der Waals surface area contributed by atoms with Crippen molar-refractivity contribution in [1.29, 1.82) is 0 Å². The van der Waals surface area contributed by atoms with E-state index in [-0.39, 0.29) is 0 Å². The smallest absolute Gasteiger partial charge is 0.160 e. The predicted molar refractivity (Wildman–Crippen MR) is 70.0 cm³/mol. The summed E-state index contributed by atoms with van der Waals surface area (Å²) in [4.78, 5) is 11.3. The molecule has 2 aromatic rings. The zero-order chi connectivity index (χ0) is 12.3. The van der Waals surface area contributed by atoms with E-state index < -0.39 is 0 Å². The van der Waals surface area contributed by atoms with Crippen LogP contribution in [-0.4, -0.2) is 6.29 Å². The molecule has 0 aliphatic heterocycles. The van der Waals surface area contributed by atoms with Crippen molar-refractivity contribution < 1.29 is 9.53 Å². The Morgan fingerprint density at radius 2 is 2.12 bits per heavy atom. The molecule has 0 atom stereocenters. The van der Waals surface area contributed by atoms with Gasteiger partial charge in [-0.05, 0) is 42.5 Å². The Balaban J connectivity index is 2.06. The molecule has 0 unspecified atom stereocenters. The second-order valence-corrected chi connectivity index (χ2v) is 4.98. The molecule has 0 saturated heterocycles. The van der Waals surface area contributed by atoms with Gasteiger partial charge in [0.1, 0.15) is 12.4 Å². The molecule has 0 fully saturated rings. The largest absolute Gasteiger partial charge is 0.489 e. The van der Waals surface area contributed by atoms with Crippen LogP contribution in [0.3, 0.4) is 0 Å². The summed E-state index contributed by atoms with van der Waals surface area (Å²) in [6.45, 7) is 4.58. The van der Waals surface area contributed by atoms with E-state index in [0.717, 1.165) is 28.0 Å². The molecule has 1 aromatic heterocycles. The van der Waals surface area contributed by atoms with Crippen molar-refractivity contribution in [3.8, 4) is 5.75 Å². The molecule has 0 aliphatic rings. The van der Waals surface area contributed by atoms with E-state index in [4.69, 9.17) is 4.74 Å². The first kappa shape index (κ1) is 11.9. The van der Waals surface area contributed by atoms with Gasteiger partial charge in [0.15, 0.2) is 6.29 Å². The van der Waals surface area contributed by atoms with Gasteiger partial charge in [-0.3, -0.25) is 4.79 Å². The van der Waals surface area contributed by atoms with E-state index in [9.17, 15) is 4.79 Å². The Labute approximate surface area is 105 Å². The number of ether oxygens (including phenoxy) is 1. The molecule has 2 nitrogen and oxygen atoms in total. The van der Waals surface area contributed by atoms with Gasteiger partial charge in [0.25, 0.3) is 0 Å². The lowest BCUT2D eigenvalue weighted by molar-refractivity contribution is 0.112. The molecule has 1 aromatic carbocycles. The molecule has 88 valence electrons. The number of aldehydes is 1. The molecular formula is C14H14O2S. The van der Waals surface area contributed by atoms with Crippen molar-refractivity contribution in [1.82, 2.24) is 0 Å². The van der Waals surface area contributed by atoms with Crippen LogP contribution in [0, 0.1) is 13.8 Å². The third kappa shape index (κ3) is 2.94. The minimum absolute atomic E-state index is 0.509.